The van der Waals surface area contributed by atoms with Gasteiger partial charge in [0.15, 0.2) is 0 Å². The minimum Gasteiger partial charge on any atom is -0.469 e. The average Bonchev–Trinajstić information content (AvgIpc) is 3.27. The molecule has 1 aromatic heterocycles. The fourth-order valence-electron chi connectivity index (χ4n) is 4.93. The third kappa shape index (κ3) is 4.84. The van der Waals surface area contributed by atoms with Gasteiger partial charge in [-0.25, -0.2) is 4.98 Å². The Morgan fingerprint density at radius 2 is 1.50 bits per heavy atom. The number of methoxy groups -OCH3 is 1. The van der Waals surface area contributed by atoms with Crippen LogP contribution in [0.1, 0.15) is 43.6 Å². The van der Waals surface area contributed by atoms with Crippen molar-refractivity contribution < 1.29 is 9.53 Å². The van der Waals surface area contributed by atoms with Gasteiger partial charge in [-0.2, -0.15) is 0 Å². The first-order chi connectivity index (χ1) is 16.5. The van der Waals surface area contributed by atoms with Crippen molar-refractivity contribution >= 4 is 40.2 Å². The van der Waals surface area contributed by atoms with Gasteiger partial charge >= 0.3 is 5.97 Å². The molecule has 4 aromatic rings. The van der Waals surface area contributed by atoms with Crippen molar-refractivity contribution in [2.45, 2.75) is 38.0 Å². The summed E-state index contributed by atoms with van der Waals surface area (Å²) in [5.74, 6) is 1.73. The minimum absolute atomic E-state index is 0.0899. The van der Waals surface area contributed by atoms with Crippen LogP contribution < -0.4 is 0 Å². The van der Waals surface area contributed by atoms with Gasteiger partial charge in [0.25, 0.3) is 0 Å². The fraction of sp³-hybridized carbons (Fsp3) is 0.286. The van der Waals surface area contributed by atoms with E-state index in [2.05, 4.69) is 58.5 Å². The van der Waals surface area contributed by atoms with E-state index in [0.29, 0.717) is 28.3 Å². The zero-order valence-electron chi connectivity index (χ0n) is 19.0. The Labute approximate surface area is 209 Å². The van der Waals surface area contributed by atoms with Gasteiger partial charge in [-0.3, -0.25) is 4.79 Å². The molecule has 5 rings (SSSR count). The van der Waals surface area contributed by atoms with Gasteiger partial charge in [-0.15, -0.1) is 0 Å². The molecule has 1 N–H and O–H groups in total. The molecule has 0 atom stereocenters. The molecular weight excluding hydrogens is 467 g/mol. The molecule has 3 aromatic carbocycles. The minimum atomic E-state index is -0.0899. The van der Waals surface area contributed by atoms with E-state index in [-0.39, 0.29) is 5.97 Å². The number of fused-ring (bicyclic) bond motifs is 1. The zero-order valence-corrected chi connectivity index (χ0v) is 20.5. The first-order valence-corrected chi connectivity index (χ1v) is 12.4. The van der Waals surface area contributed by atoms with Gasteiger partial charge in [-0.05, 0) is 66.3 Å². The number of nitrogens with one attached hydrogen (secondary N) is 1. The third-order valence-electron chi connectivity index (χ3n) is 6.93. The van der Waals surface area contributed by atoms with Crippen molar-refractivity contribution in [3.63, 3.8) is 0 Å². The lowest BCUT2D eigenvalue weighted by molar-refractivity contribution is -0.142. The second kappa shape index (κ2) is 9.81. The third-order valence-corrected chi connectivity index (χ3v) is 7.65. The maximum absolute atomic E-state index is 11.5. The van der Waals surface area contributed by atoms with E-state index in [9.17, 15) is 4.79 Å². The van der Waals surface area contributed by atoms with Crippen LogP contribution in [0.3, 0.4) is 0 Å². The number of rotatable bonds is 5. The number of esters is 1. The molecule has 0 amide bonds. The maximum atomic E-state index is 11.5. The number of hydrogen-bond acceptors (Lipinski definition) is 3. The maximum Gasteiger partial charge on any atom is 0.305 e. The van der Waals surface area contributed by atoms with Gasteiger partial charge in [0, 0.05) is 12.0 Å². The number of ether oxygens (including phenoxy) is 1. The van der Waals surface area contributed by atoms with Crippen molar-refractivity contribution in [2.75, 3.05) is 7.11 Å². The Kier molecular flexibility index (Phi) is 6.62. The van der Waals surface area contributed by atoms with Crippen LogP contribution in [0.25, 0.3) is 33.5 Å². The van der Waals surface area contributed by atoms with Crippen molar-refractivity contribution in [1.29, 1.82) is 0 Å². The SMILES string of the molecule is COC(=O)CC1CCC(c2ccc(-c3ccc(-c4nc5cc(Cl)c(Cl)cc5[nH]4)cc3)cc2)CC1. The number of imidazole rings is 1. The summed E-state index contributed by atoms with van der Waals surface area (Å²) in [6, 6.07) is 20.9. The van der Waals surface area contributed by atoms with Crippen LogP contribution in [0, 0.1) is 5.92 Å². The summed E-state index contributed by atoms with van der Waals surface area (Å²) in [7, 11) is 1.47. The Morgan fingerprint density at radius 3 is 2.15 bits per heavy atom. The first-order valence-electron chi connectivity index (χ1n) is 11.6. The predicted molar refractivity (Wildman–Crippen MR) is 138 cm³/mol. The lowest BCUT2D eigenvalue weighted by Crippen LogP contribution is -2.17. The zero-order chi connectivity index (χ0) is 23.7. The van der Waals surface area contributed by atoms with Crippen molar-refractivity contribution in [3.05, 3.63) is 76.3 Å². The van der Waals surface area contributed by atoms with Crippen LogP contribution in [-0.4, -0.2) is 23.0 Å². The van der Waals surface area contributed by atoms with E-state index in [0.717, 1.165) is 48.1 Å². The highest BCUT2D eigenvalue weighted by atomic mass is 35.5. The van der Waals surface area contributed by atoms with Crippen LogP contribution in [-0.2, 0) is 9.53 Å². The molecule has 1 aliphatic carbocycles. The highest BCUT2D eigenvalue weighted by Gasteiger charge is 2.24. The number of H-pyrrole nitrogens is 1. The smallest absolute Gasteiger partial charge is 0.305 e. The first kappa shape index (κ1) is 22.9. The lowest BCUT2D eigenvalue weighted by atomic mass is 9.77. The Bertz CT molecular complexity index is 1270. The second-order valence-electron chi connectivity index (χ2n) is 9.07. The number of aromatic nitrogens is 2. The fourth-order valence-corrected chi connectivity index (χ4v) is 5.25. The molecule has 0 radical (unpaired) electrons. The van der Waals surface area contributed by atoms with Crippen LogP contribution in [0.5, 0.6) is 0 Å². The predicted octanol–water partition coefficient (Wildman–Crippen LogP) is 8.04. The molecule has 4 nitrogen and oxygen atoms in total. The average molecular weight is 493 g/mol. The summed E-state index contributed by atoms with van der Waals surface area (Å²) >= 11 is 12.2. The summed E-state index contributed by atoms with van der Waals surface area (Å²) in [4.78, 5) is 19.5. The van der Waals surface area contributed by atoms with Crippen LogP contribution in [0.2, 0.25) is 10.0 Å². The van der Waals surface area contributed by atoms with Crippen molar-refractivity contribution in [2.24, 2.45) is 5.92 Å². The van der Waals surface area contributed by atoms with E-state index in [4.69, 9.17) is 27.9 Å². The molecule has 0 unspecified atom stereocenters. The van der Waals surface area contributed by atoms with E-state index >= 15 is 0 Å². The van der Waals surface area contributed by atoms with Crippen molar-refractivity contribution in [1.82, 2.24) is 9.97 Å². The van der Waals surface area contributed by atoms with Gasteiger partial charge in [0.2, 0.25) is 0 Å². The molecular formula is C28H26Cl2N2O2. The molecule has 0 spiro atoms. The van der Waals surface area contributed by atoms with E-state index in [1.807, 2.05) is 0 Å². The van der Waals surface area contributed by atoms with E-state index in [1.165, 1.54) is 23.8 Å². The number of nitrogens with zero attached hydrogens (tertiary/aromatic N) is 1. The summed E-state index contributed by atoms with van der Waals surface area (Å²) in [6.07, 6.45) is 4.98. The summed E-state index contributed by atoms with van der Waals surface area (Å²) in [5.41, 5.74) is 6.41. The monoisotopic (exact) mass is 492 g/mol. The number of hydrogen-bond donors (Lipinski definition) is 1. The summed E-state index contributed by atoms with van der Waals surface area (Å²) in [5, 5.41) is 1.01. The van der Waals surface area contributed by atoms with Gasteiger partial charge in [0.1, 0.15) is 5.82 Å². The number of benzene rings is 3. The molecule has 1 heterocycles. The topological polar surface area (TPSA) is 55.0 Å². The van der Waals surface area contributed by atoms with Crippen LogP contribution in [0.15, 0.2) is 60.7 Å². The molecule has 0 bridgehead atoms. The molecule has 34 heavy (non-hydrogen) atoms. The molecule has 1 fully saturated rings. The standard InChI is InChI=1S/C28H26Cl2N2O2/c1-34-27(33)14-17-2-4-18(5-3-17)19-6-8-20(9-7-19)21-10-12-22(13-11-21)28-31-25-15-23(29)24(30)16-26(25)32-28/h6-13,15-18H,2-5,14H2,1H3,(H,31,32). The summed E-state index contributed by atoms with van der Waals surface area (Å²) < 4.78 is 4.82. The number of aromatic amines is 1. The molecule has 1 saturated carbocycles. The molecule has 1 aliphatic rings. The van der Waals surface area contributed by atoms with E-state index < -0.39 is 0 Å². The van der Waals surface area contributed by atoms with Gasteiger partial charge < -0.3 is 9.72 Å². The van der Waals surface area contributed by atoms with Crippen LogP contribution in [0.4, 0.5) is 0 Å². The van der Waals surface area contributed by atoms with Crippen LogP contribution >= 0.6 is 23.2 Å². The molecule has 0 aliphatic heterocycles. The van der Waals surface area contributed by atoms with E-state index in [1.54, 1.807) is 12.1 Å². The molecule has 174 valence electrons. The normalized spacial score (nSPS) is 18.2. The molecule has 0 saturated heterocycles. The number of carbonyl (C=O) groups is 1. The Hall–Kier alpha value is -2.82. The van der Waals surface area contributed by atoms with Gasteiger partial charge in [-0.1, -0.05) is 71.7 Å². The quantitative estimate of drug-likeness (QED) is 0.286. The van der Waals surface area contributed by atoms with Gasteiger partial charge in [0.05, 0.1) is 28.2 Å². The second-order valence-corrected chi connectivity index (χ2v) is 9.88. The number of halogens is 2. The Morgan fingerprint density at radius 1 is 0.912 bits per heavy atom. The highest BCUT2D eigenvalue weighted by molar-refractivity contribution is 6.42. The highest BCUT2D eigenvalue weighted by Crippen LogP contribution is 2.38. The van der Waals surface area contributed by atoms with Crippen molar-refractivity contribution in [3.8, 4) is 22.5 Å². The largest absolute Gasteiger partial charge is 0.469 e. The molecule has 6 heteroatoms. The Balaban J connectivity index is 1.26. The number of carbonyl (C=O) groups excluding carboxylic acids is 1. The summed E-state index contributed by atoms with van der Waals surface area (Å²) in [6.45, 7) is 0. The lowest BCUT2D eigenvalue weighted by Gasteiger charge is -2.28.